The highest BCUT2D eigenvalue weighted by atomic mass is 32.2. The molecule has 0 radical (unpaired) electrons. The van der Waals surface area contributed by atoms with Crippen LogP contribution in [0.1, 0.15) is 20.8 Å². The molecular formula is C11H18N2O5S2. The number of methoxy groups -OCH3 is 1. The Morgan fingerprint density at radius 1 is 1.15 bits per heavy atom. The number of nitrogens with one attached hydrogen (secondary N) is 1. The molecule has 1 aromatic carbocycles. The number of hydrogen-bond acceptors (Lipinski definition) is 5. The second kappa shape index (κ2) is 5.23. The molecule has 0 aliphatic rings. The molecule has 3 N–H and O–H groups in total. The predicted molar refractivity (Wildman–Crippen MR) is 76.7 cm³/mol. The lowest BCUT2D eigenvalue weighted by molar-refractivity contribution is 0.416. The van der Waals surface area contributed by atoms with Gasteiger partial charge in [-0.25, -0.2) is 22.0 Å². The fourth-order valence-electron chi connectivity index (χ4n) is 1.24. The minimum absolute atomic E-state index is 0.0222. The zero-order valence-electron chi connectivity index (χ0n) is 11.7. The molecule has 0 saturated carbocycles. The largest absolute Gasteiger partial charge is 0.495 e. The van der Waals surface area contributed by atoms with Crippen LogP contribution in [0.3, 0.4) is 0 Å². The smallest absolute Gasteiger partial charge is 0.238 e. The SMILES string of the molecule is COc1ccc(S(N)(=O)=O)cc1NS(=O)(=O)C(C)(C)C. The van der Waals surface area contributed by atoms with Gasteiger partial charge in [0, 0.05) is 0 Å². The molecule has 0 aromatic heterocycles. The Kier molecular flexibility index (Phi) is 4.37. The number of hydrogen-bond donors (Lipinski definition) is 2. The molecule has 0 spiro atoms. The summed E-state index contributed by atoms with van der Waals surface area (Å²) in [4.78, 5) is -0.204. The van der Waals surface area contributed by atoms with Gasteiger partial charge in [-0.1, -0.05) is 0 Å². The van der Waals surface area contributed by atoms with E-state index in [0.717, 1.165) is 6.07 Å². The molecule has 9 heteroatoms. The zero-order chi connectivity index (χ0) is 15.8. The number of sulfonamides is 2. The summed E-state index contributed by atoms with van der Waals surface area (Å²) in [6.45, 7) is 4.56. The summed E-state index contributed by atoms with van der Waals surface area (Å²) in [6, 6.07) is 3.70. The first-order valence-corrected chi connectivity index (χ1v) is 8.64. The number of primary sulfonamides is 1. The summed E-state index contributed by atoms with van der Waals surface area (Å²) >= 11 is 0. The van der Waals surface area contributed by atoms with E-state index in [0.29, 0.717) is 0 Å². The maximum absolute atomic E-state index is 12.1. The van der Waals surface area contributed by atoms with Crippen LogP contribution in [-0.4, -0.2) is 28.7 Å². The van der Waals surface area contributed by atoms with Gasteiger partial charge in [-0.3, -0.25) is 4.72 Å². The third kappa shape index (κ3) is 3.62. The van der Waals surface area contributed by atoms with Crippen molar-refractivity contribution in [2.75, 3.05) is 11.8 Å². The van der Waals surface area contributed by atoms with E-state index in [1.807, 2.05) is 0 Å². The lowest BCUT2D eigenvalue weighted by atomic mass is 10.3. The first kappa shape index (κ1) is 16.7. The lowest BCUT2D eigenvalue weighted by Crippen LogP contribution is -2.33. The summed E-state index contributed by atoms with van der Waals surface area (Å²) in [5.41, 5.74) is 0.0222. The molecule has 1 aromatic rings. The molecule has 0 heterocycles. The molecule has 1 rings (SSSR count). The monoisotopic (exact) mass is 322 g/mol. The Balaban J connectivity index is 3.37. The van der Waals surface area contributed by atoms with Gasteiger partial charge in [0.05, 0.1) is 22.4 Å². The average molecular weight is 322 g/mol. The van der Waals surface area contributed by atoms with Gasteiger partial charge in [0.2, 0.25) is 20.0 Å². The maximum Gasteiger partial charge on any atom is 0.238 e. The second-order valence-electron chi connectivity index (χ2n) is 5.12. The van der Waals surface area contributed by atoms with Crippen LogP contribution in [0.5, 0.6) is 5.75 Å². The molecule has 0 bridgehead atoms. The van der Waals surface area contributed by atoms with E-state index >= 15 is 0 Å². The van der Waals surface area contributed by atoms with Crippen LogP contribution in [0.15, 0.2) is 23.1 Å². The van der Waals surface area contributed by atoms with E-state index in [2.05, 4.69) is 4.72 Å². The summed E-state index contributed by atoms with van der Waals surface area (Å²) in [6.07, 6.45) is 0. The van der Waals surface area contributed by atoms with E-state index in [1.165, 1.54) is 40.0 Å². The van der Waals surface area contributed by atoms with E-state index in [9.17, 15) is 16.8 Å². The second-order valence-corrected chi connectivity index (χ2v) is 9.12. The Hall–Kier alpha value is -1.32. The van der Waals surface area contributed by atoms with E-state index < -0.39 is 24.8 Å². The third-order valence-corrected chi connectivity index (χ3v) is 5.56. The van der Waals surface area contributed by atoms with Gasteiger partial charge in [-0.15, -0.1) is 0 Å². The van der Waals surface area contributed by atoms with Crippen LogP contribution in [0.25, 0.3) is 0 Å². The van der Waals surface area contributed by atoms with Crippen molar-refractivity contribution in [3.8, 4) is 5.75 Å². The summed E-state index contributed by atoms with van der Waals surface area (Å²) in [5, 5.41) is 5.02. The molecule has 7 nitrogen and oxygen atoms in total. The summed E-state index contributed by atoms with van der Waals surface area (Å²) in [5.74, 6) is 0.199. The van der Waals surface area contributed by atoms with Crippen molar-refractivity contribution < 1.29 is 21.6 Å². The first-order chi connectivity index (χ1) is 8.88. The lowest BCUT2D eigenvalue weighted by Gasteiger charge is -2.21. The number of anilines is 1. The van der Waals surface area contributed by atoms with Crippen LogP contribution in [0, 0.1) is 0 Å². The van der Waals surface area contributed by atoms with Crippen LogP contribution >= 0.6 is 0 Å². The Bertz CT molecular complexity index is 703. The maximum atomic E-state index is 12.1. The molecular weight excluding hydrogens is 304 g/mol. The number of rotatable bonds is 4. The van der Waals surface area contributed by atoms with Crippen molar-refractivity contribution in [3.05, 3.63) is 18.2 Å². The molecule has 20 heavy (non-hydrogen) atoms. The highest BCUT2D eigenvalue weighted by Crippen LogP contribution is 2.30. The highest BCUT2D eigenvalue weighted by molar-refractivity contribution is 7.94. The van der Waals surface area contributed by atoms with Gasteiger partial charge < -0.3 is 4.74 Å². The third-order valence-electron chi connectivity index (χ3n) is 2.55. The number of benzene rings is 1. The molecule has 0 fully saturated rings. The fourth-order valence-corrected chi connectivity index (χ4v) is 2.54. The van der Waals surface area contributed by atoms with Gasteiger partial charge in [-0.2, -0.15) is 0 Å². The standard InChI is InChI=1S/C11H18N2O5S2/c1-11(2,3)20(16,17)13-9-7-8(19(12,14)15)5-6-10(9)18-4/h5-7,13H,1-4H3,(H2,12,14,15). The molecule has 0 aliphatic carbocycles. The van der Waals surface area contributed by atoms with Gasteiger partial charge >= 0.3 is 0 Å². The quantitative estimate of drug-likeness (QED) is 0.854. The van der Waals surface area contributed by atoms with E-state index in [-0.39, 0.29) is 16.3 Å². The molecule has 0 saturated heterocycles. The van der Waals surface area contributed by atoms with Crippen LogP contribution in [0.4, 0.5) is 5.69 Å². The Morgan fingerprint density at radius 2 is 1.70 bits per heavy atom. The molecule has 0 unspecified atom stereocenters. The topological polar surface area (TPSA) is 116 Å². The number of ether oxygens (including phenoxy) is 1. The van der Waals surface area contributed by atoms with Gasteiger partial charge in [0.1, 0.15) is 5.75 Å². The minimum Gasteiger partial charge on any atom is -0.495 e. The van der Waals surface area contributed by atoms with Gasteiger partial charge in [0.15, 0.2) is 0 Å². The summed E-state index contributed by atoms with van der Waals surface area (Å²) < 4.78 is 53.1. The first-order valence-electron chi connectivity index (χ1n) is 5.62. The normalized spacial score (nSPS) is 13.1. The van der Waals surface area contributed by atoms with Crippen molar-refractivity contribution in [2.45, 2.75) is 30.4 Å². The Labute approximate surface area is 119 Å². The minimum atomic E-state index is -3.93. The van der Waals surface area contributed by atoms with E-state index in [1.54, 1.807) is 0 Å². The number of nitrogens with two attached hydrogens (primary N) is 1. The highest BCUT2D eigenvalue weighted by Gasteiger charge is 2.30. The van der Waals surface area contributed by atoms with Crippen molar-refractivity contribution in [1.29, 1.82) is 0 Å². The van der Waals surface area contributed by atoms with E-state index in [4.69, 9.17) is 9.88 Å². The predicted octanol–water partition coefficient (Wildman–Crippen LogP) is 0.883. The van der Waals surface area contributed by atoms with Gasteiger partial charge in [-0.05, 0) is 39.0 Å². The molecule has 0 atom stereocenters. The fraction of sp³-hybridized carbons (Fsp3) is 0.455. The van der Waals surface area contributed by atoms with Crippen LogP contribution in [-0.2, 0) is 20.0 Å². The van der Waals surface area contributed by atoms with Crippen LogP contribution in [0.2, 0.25) is 0 Å². The molecule has 0 aliphatic heterocycles. The summed E-state index contributed by atoms with van der Waals surface area (Å²) in [7, 11) is -6.29. The van der Waals surface area contributed by atoms with Crippen molar-refractivity contribution in [1.82, 2.24) is 0 Å². The van der Waals surface area contributed by atoms with Crippen molar-refractivity contribution in [2.24, 2.45) is 5.14 Å². The van der Waals surface area contributed by atoms with Gasteiger partial charge in [0.25, 0.3) is 0 Å². The van der Waals surface area contributed by atoms with Crippen molar-refractivity contribution >= 4 is 25.7 Å². The average Bonchev–Trinajstić information content (AvgIpc) is 2.25. The van der Waals surface area contributed by atoms with Crippen LogP contribution < -0.4 is 14.6 Å². The molecule has 114 valence electrons. The Morgan fingerprint density at radius 3 is 2.10 bits per heavy atom. The molecule has 0 amide bonds. The zero-order valence-corrected chi connectivity index (χ0v) is 13.3. The van der Waals surface area contributed by atoms with Crippen molar-refractivity contribution in [3.63, 3.8) is 0 Å².